The normalized spacial score (nSPS) is 26.2. The molecule has 1 amide bonds. The van der Waals surface area contributed by atoms with Crippen molar-refractivity contribution in [3.8, 4) is 11.5 Å². The van der Waals surface area contributed by atoms with Gasteiger partial charge in [-0.05, 0) is 36.1 Å². The molecule has 9 atom stereocenters. The van der Waals surface area contributed by atoms with Gasteiger partial charge in [-0.2, -0.15) is 0 Å². The van der Waals surface area contributed by atoms with Gasteiger partial charge < -0.3 is 52.3 Å². The minimum atomic E-state index is -1.66. The summed E-state index contributed by atoms with van der Waals surface area (Å²) in [5.74, 6) is -7.62. The molecule has 1 fully saturated rings. The third-order valence-electron chi connectivity index (χ3n) is 9.37. The van der Waals surface area contributed by atoms with Gasteiger partial charge in [0.05, 0.1) is 25.0 Å². The summed E-state index contributed by atoms with van der Waals surface area (Å²) < 4.78 is 55.9. The second-order valence-corrected chi connectivity index (χ2v) is 13.6. The number of nitrogens with zero attached hydrogens (tertiary/aromatic N) is 1. The molecule has 0 unspecified atom stereocenters. The van der Waals surface area contributed by atoms with Gasteiger partial charge in [-0.1, -0.05) is 6.08 Å². The van der Waals surface area contributed by atoms with E-state index in [1.807, 2.05) is 0 Å². The Morgan fingerprint density at radius 3 is 1.90 bits per heavy atom. The van der Waals surface area contributed by atoms with E-state index in [-0.39, 0.29) is 35.9 Å². The number of ether oxygens (including phenoxy) is 10. The zero-order valence-corrected chi connectivity index (χ0v) is 33.3. The van der Waals surface area contributed by atoms with Gasteiger partial charge in [-0.25, -0.2) is 4.79 Å². The minimum Gasteiger partial charge on any atom is -0.471 e. The average Bonchev–Trinajstić information content (AvgIpc) is 3.12. The number of esters is 7. The first-order valence-electron chi connectivity index (χ1n) is 18.2. The van der Waals surface area contributed by atoms with E-state index in [0.29, 0.717) is 17.5 Å². The van der Waals surface area contributed by atoms with Crippen molar-refractivity contribution >= 4 is 47.7 Å². The van der Waals surface area contributed by atoms with Crippen molar-refractivity contribution in [2.75, 3.05) is 20.3 Å². The van der Waals surface area contributed by atoms with Crippen LogP contribution in [0, 0.1) is 11.8 Å². The number of carbonyl (C=O) groups is 8. The monoisotopic (exact) mass is 817 g/mol. The molecule has 0 radical (unpaired) electrons. The Kier molecular flexibility index (Phi) is 15.1. The summed E-state index contributed by atoms with van der Waals surface area (Å²) in [4.78, 5) is 101. The second kappa shape index (κ2) is 19.6. The molecule has 58 heavy (non-hydrogen) atoms. The summed E-state index contributed by atoms with van der Waals surface area (Å²) in [7, 11) is 1.17. The predicted octanol–water partition coefficient (Wildman–Crippen LogP) is 2.30. The number of fused-ring (bicyclic) bond motifs is 1. The van der Waals surface area contributed by atoms with Gasteiger partial charge in [0.1, 0.15) is 12.7 Å². The maximum atomic E-state index is 13.3. The molecule has 0 N–H and O–H groups in total. The Morgan fingerprint density at radius 1 is 0.776 bits per heavy atom. The van der Waals surface area contributed by atoms with Crippen LogP contribution in [0.1, 0.15) is 72.1 Å². The van der Waals surface area contributed by atoms with Gasteiger partial charge in [-0.15, -0.1) is 6.58 Å². The Balaban J connectivity index is 1.81. The summed E-state index contributed by atoms with van der Waals surface area (Å²) in [6.45, 7) is 11.8. The van der Waals surface area contributed by atoms with E-state index in [9.17, 15) is 38.4 Å². The molecule has 1 aromatic rings. The molecule has 0 bridgehead atoms. The molecule has 316 valence electrons. The van der Waals surface area contributed by atoms with Crippen LogP contribution in [0.3, 0.4) is 0 Å². The molecule has 19 heteroatoms. The minimum absolute atomic E-state index is 0.0000549. The average molecular weight is 818 g/mol. The van der Waals surface area contributed by atoms with Crippen LogP contribution < -0.4 is 9.47 Å². The van der Waals surface area contributed by atoms with E-state index in [2.05, 4.69) is 6.58 Å². The summed E-state index contributed by atoms with van der Waals surface area (Å²) in [6, 6.07) is 2.28. The van der Waals surface area contributed by atoms with Gasteiger partial charge in [-0.3, -0.25) is 33.6 Å². The molecule has 1 aromatic carbocycles. The molecule has 3 aliphatic heterocycles. The van der Waals surface area contributed by atoms with Crippen LogP contribution in [0.5, 0.6) is 11.5 Å². The molecule has 3 heterocycles. The van der Waals surface area contributed by atoms with Crippen molar-refractivity contribution < 1.29 is 85.7 Å². The van der Waals surface area contributed by atoms with E-state index in [4.69, 9.17) is 47.4 Å². The smallest absolute Gasteiger partial charge is 0.337 e. The second-order valence-electron chi connectivity index (χ2n) is 13.6. The molecule has 19 nitrogen and oxygen atoms in total. The van der Waals surface area contributed by atoms with Gasteiger partial charge in [0.2, 0.25) is 18.5 Å². The number of methoxy groups -OCH3 is 1. The predicted molar refractivity (Wildman–Crippen MR) is 193 cm³/mol. The fourth-order valence-electron chi connectivity index (χ4n) is 7.20. The van der Waals surface area contributed by atoms with E-state index < -0.39 is 103 Å². The zero-order chi connectivity index (χ0) is 43.0. The lowest BCUT2D eigenvalue weighted by Crippen LogP contribution is -2.63. The van der Waals surface area contributed by atoms with Crippen LogP contribution in [-0.4, -0.2) is 110 Å². The highest BCUT2D eigenvalue weighted by molar-refractivity contribution is 5.89. The lowest BCUT2D eigenvalue weighted by molar-refractivity contribution is -0.342. The number of carbonyl (C=O) groups excluding carboxylic acids is 8. The summed E-state index contributed by atoms with van der Waals surface area (Å²) in [5.41, 5.74) is 1.23. The molecule has 0 saturated carbocycles. The van der Waals surface area contributed by atoms with E-state index in [1.165, 1.54) is 40.0 Å². The zero-order valence-electron chi connectivity index (χ0n) is 33.3. The molecular formula is C39H47NO18. The summed E-state index contributed by atoms with van der Waals surface area (Å²) >= 11 is 0. The molecule has 0 aromatic heterocycles. The molecular weight excluding hydrogens is 770 g/mol. The van der Waals surface area contributed by atoms with Crippen molar-refractivity contribution in [1.29, 1.82) is 0 Å². The van der Waals surface area contributed by atoms with Crippen LogP contribution in [0.25, 0.3) is 0 Å². The lowest BCUT2D eigenvalue weighted by atomic mass is 9.76. The van der Waals surface area contributed by atoms with Gasteiger partial charge >= 0.3 is 41.8 Å². The summed E-state index contributed by atoms with van der Waals surface area (Å²) in [6.07, 6.45) is -6.08. The van der Waals surface area contributed by atoms with Crippen molar-refractivity contribution in [2.24, 2.45) is 11.8 Å². The molecule has 1 saturated heterocycles. The van der Waals surface area contributed by atoms with E-state index in [0.717, 1.165) is 34.0 Å². The van der Waals surface area contributed by atoms with Crippen molar-refractivity contribution in [3.63, 3.8) is 0 Å². The number of benzene rings is 1. The number of hydrogen-bond donors (Lipinski definition) is 0. The van der Waals surface area contributed by atoms with Crippen LogP contribution in [-0.2, 0) is 82.7 Å². The van der Waals surface area contributed by atoms with Crippen molar-refractivity contribution in [2.45, 2.75) is 104 Å². The quantitative estimate of drug-likeness (QED) is 0.120. The first-order valence-corrected chi connectivity index (χ1v) is 18.2. The Labute approximate surface area is 333 Å². The molecule has 3 aliphatic rings. The largest absolute Gasteiger partial charge is 0.471 e. The first kappa shape index (κ1) is 44.9. The van der Waals surface area contributed by atoms with Crippen molar-refractivity contribution in [3.05, 3.63) is 47.7 Å². The van der Waals surface area contributed by atoms with E-state index in [1.54, 1.807) is 11.0 Å². The van der Waals surface area contributed by atoms with Crippen LogP contribution >= 0.6 is 0 Å². The Morgan fingerprint density at radius 2 is 1.36 bits per heavy atom. The maximum Gasteiger partial charge on any atom is 0.337 e. The molecule has 0 spiro atoms. The topological polar surface area (TPSA) is 232 Å². The summed E-state index contributed by atoms with van der Waals surface area (Å²) in [5, 5.41) is 0. The Bertz CT molecular complexity index is 1840. The standard InChI is InChI=1S/C39H47NO18/c1-10-26-28(14-30-27-15-32(53-21(5)44)31(52-20(4)43)13-25(27)11-12-40(30)18(2)41)29(37(48)49-9)16-51-38(26)58-39-36(56-24(8)47)35(55-23(7)46)34(54-22(6)45)33(57-39)17-50-19(3)42/h10,13,15-16,26,28,30,33-36,38-39H,1,11-12,14,17H2,2-9H3/t26-,28+,30-,33-,34-,35+,36-,38+,39+/m1/s1. The lowest BCUT2D eigenvalue weighted by Gasteiger charge is -2.46. The SMILES string of the molecule is C=C[C@H]1[C@H](O[C@@H]2O[C@H](COC(C)=O)[C@@H](OC(C)=O)[C@H](OC(C)=O)[C@H]2OC(C)=O)OC=C(C(=O)OC)[C@H]1C[C@@H]1c2cc(OC(C)=O)c(OC(C)=O)cc2CCN1C(C)=O. The van der Waals surface area contributed by atoms with Crippen LogP contribution in [0.2, 0.25) is 0 Å². The van der Waals surface area contributed by atoms with Gasteiger partial charge in [0.25, 0.3) is 0 Å². The maximum absolute atomic E-state index is 13.3. The number of hydrogen-bond acceptors (Lipinski definition) is 18. The number of rotatable bonds is 13. The first-order chi connectivity index (χ1) is 27.3. The van der Waals surface area contributed by atoms with Crippen molar-refractivity contribution in [1.82, 2.24) is 4.90 Å². The van der Waals surface area contributed by atoms with E-state index >= 15 is 0 Å². The highest BCUT2D eigenvalue weighted by Crippen LogP contribution is 2.46. The van der Waals surface area contributed by atoms with Gasteiger partial charge in [0, 0.05) is 66.8 Å². The fourth-order valence-corrected chi connectivity index (χ4v) is 7.20. The van der Waals surface area contributed by atoms with Crippen LogP contribution in [0.15, 0.2) is 36.6 Å². The highest BCUT2D eigenvalue weighted by Gasteiger charge is 2.54. The number of amides is 1. The third kappa shape index (κ3) is 11.0. The molecule has 0 aliphatic carbocycles. The van der Waals surface area contributed by atoms with Crippen LogP contribution in [0.4, 0.5) is 0 Å². The van der Waals surface area contributed by atoms with Gasteiger partial charge in [0.15, 0.2) is 29.8 Å². The molecule has 4 rings (SSSR count). The Hall–Kier alpha value is -5.82. The third-order valence-corrected chi connectivity index (χ3v) is 9.37. The highest BCUT2D eigenvalue weighted by atomic mass is 16.8. The fraction of sp³-hybridized carbons (Fsp3) is 0.538.